The Balaban J connectivity index is 1.96. The third-order valence-electron chi connectivity index (χ3n) is 4.64. The molecule has 2 unspecified atom stereocenters. The molecule has 1 aliphatic carbocycles. The van der Waals surface area contributed by atoms with Crippen molar-refractivity contribution in [3.63, 3.8) is 0 Å². The van der Waals surface area contributed by atoms with Gasteiger partial charge in [-0.05, 0) is 17.2 Å². The van der Waals surface area contributed by atoms with E-state index in [1.807, 2.05) is 42.5 Å². The van der Waals surface area contributed by atoms with E-state index >= 15 is 0 Å². The van der Waals surface area contributed by atoms with Crippen LogP contribution in [0.2, 0.25) is 0 Å². The number of fused-ring (bicyclic) bond motifs is 1. The minimum Gasteiger partial charge on any atom is -0.345 e. The molecular weight excluding hydrogens is 276 g/mol. The minimum atomic E-state index is -1.14. The van der Waals surface area contributed by atoms with Crippen LogP contribution in [0, 0.1) is 0 Å². The van der Waals surface area contributed by atoms with Crippen molar-refractivity contribution in [3.05, 3.63) is 83.9 Å². The molecule has 0 saturated carbocycles. The smallest absolute Gasteiger partial charge is 0.262 e. The van der Waals surface area contributed by atoms with Crippen LogP contribution in [0.25, 0.3) is 0 Å². The van der Waals surface area contributed by atoms with Crippen LogP contribution in [0.5, 0.6) is 0 Å². The van der Waals surface area contributed by atoms with E-state index in [1.165, 1.54) is 7.11 Å². The monoisotopic (exact) mass is 292 g/mol. The zero-order valence-electron chi connectivity index (χ0n) is 12.2. The first-order chi connectivity index (χ1) is 10.7. The Morgan fingerprint density at radius 1 is 0.955 bits per heavy atom. The fourth-order valence-electron chi connectivity index (χ4n) is 3.48. The zero-order valence-corrected chi connectivity index (χ0v) is 12.2. The molecule has 110 valence electrons. The molecular formula is C19H16O3. The van der Waals surface area contributed by atoms with E-state index in [0.717, 1.165) is 11.1 Å². The largest absolute Gasteiger partial charge is 0.345 e. The van der Waals surface area contributed by atoms with Crippen LogP contribution in [0.3, 0.4) is 0 Å². The van der Waals surface area contributed by atoms with Gasteiger partial charge in [0, 0.05) is 7.11 Å². The molecule has 1 heterocycles. The van der Waals surface area contributed by atoms with Crippen LogP contribution in [0.4, 0.5) is 0 Å². The number of benzene rings is 2. The maximum atomic E-state index is 12.2. The van der Waals surface area contributed by atoms with E-state index in [1.54, 1.807) is 6.08 Å². The topological polar surface area (TPSA) is 38.8 Å². The third-order valence-corrected chi connectivity index (χ3v) is 4.64. The van der Waals surface area contributed by atoms with Gasteiger partial charge in [-0.15, -0.1) is 0 Å². The molecule has 2 aromatic rings. The van der Waals surface area contributed by atoms with Crippen LogP contribution in [0.15, 0.2) is 72.8 Å². The van der Waals surface area contributed by atoms with E-state index in [-0.39, 0.29) is 11.9 Å². The summed E-state index contributed by atoms with van der Waals surface area (Å²) < 4.78 is 11.3. The van der Waals surface area contributed by atoms with Gasteiger partial charge in [0.15, 0.2) is 0 Å². The van der Waals surface area contributed by atoms with Gasteiger partial charge in [0.1, 0.15) is 6.10 Å². The van der Waals surface area contributed by atoms with Crippen molar-refractivity contribution in [2.24, 2.45) is 0 Å². The number of epoxide rings is 1. The van der Waals surface area contributed by atoms with Crippen molar-refractivity contribution in [1.29, 1.82) is 0 Å². The molecule has 1 saturated heterocycles. The number of methoxy groups -OCH3 is 1. The lowest BCUT2D eigenvalue weighted by atomic mass is 9.67. The lowest BCUT2D eigenvalue weighted by Crippen LogP contribution is -2.43. The predicted molar refractivity (Wildman–Crippen MR) is 82.4 cm³/mol. The van der Waals surface area contributed by atoms with Crippen molar-refractivity contribution >= 4 is 5.78 Å². The molecule has 22 heavy (non-hydrogen) atoms. The molecule has 4 rings (SSSR count). The van der Waals surface area contributed by atoms with Crippen molar-refractivity contribution in [1.82, 2.24) is 0 Å². The Morgan fingerprint density at radius 3 is 2.00 bits per heavy atom. The lowest BCUT2D eigenvalue weighted by Gasteiger charge is -2.33. The van der Waals surface area contributed by atoms with Gasteiger partial charge in [0.25, 0.3) is 5.79 Å². The van der Waals surface area contributed by atoms with E-state index < -0.39 is 11.2 Å². The summed E-state index contributed by atoms with van der Waals surface area (Å²) in [6.07, 6.45) is 3.20. The second kappa shape index (κ2) is 4.63. The molecule has 0 aromatic heterocycles. The molecule has 2 aromatic carbocycles. The minimum absolute atomic E-state index is 0.123. The number of carbonyl (C=O) groups is 1. The standard InChI is InChI=1S/C19H16O3/c1-21-19-16(20)12-13-18(17(19)22-19,14-8-4-2-5-9-14)15-10-6-3-7-11-15/h2-13,17H,1H3. The molecule has 0 N–H and O–H groups in total. The number of hydrogen-bond acceptors (Lipinski definition) is 3. The highest BCUT2D eigenvalue weighted by molar-refractivity contribution is 6.01. The average Bonchev–Trinajstić information content (AvgIpc) is 3.35. The molecule has 2 aliphatic rings. The molecule has 0 amide bonds. The summed E-state index contributed by atoms with van der Waals surface area (Å²) in [7, 11) is 1.53. The van der Waals surface area contributed by atoms with E-state index in [2.05, 4.69) is 24.3 Å². The molecule has 1 fully saturated rings. The van der Waals surface area contributed by atoms with Gasteiger partial charge in [-0.25, -0.2) is 0 Å². The van der Waals surface area contributed by atoms with Crippen LogP contribution in [0.1, 0.15) is 11.1 Å². The Hall–Kier alpha value is -2.23. The maximum Gasteiger partial charge on any atom is 0.262 e. The van der Waals surface area contributed by atoms with Crippen molar-refractivity contribution in [2.75, 3.05) is 7.11 Å². The van der Waals surface area contributed by atoms with E-state index in [4.69, 9.17) is 9.47 Å². The fourth-order valence-corrected chi connectivity index (χ4v) is 3.48. The Labute approximate surface area is 129 Å². The Morgan fingerprint density at radius 2 is 1.50 bits per heavy atom. The maximum absolute atomic E-state index is 12.2. The highest BCUT2D eigenvalue weighted by Gasteiger charge is 2.72. The highest BCUT2D eigenvalue weighted by Crippen LogP contribution is 2.56. The SMILES string of the molecule is COC12OC1C(c1ccccc1)(c1ccccc1)C=CC2=O. The van der Waals surface area contributed by atoms with Crippen LogP contribution in [-0.2, 0) is 19.7 Å². The first kappa shape index (κ1) is 13.4. The summed E-state index contributed by atoms with van der Waals surface area (Å²) in [5.74, 6) is -1.26. The molecule has 0 spiro atoms. The summed E-state index contributed by atoms with van der Waals surface area (Å²) in [4.78, 5) is 12.2. The summed E-state index contributed by atoms with van der Waals surface area (Å²) in [5.41, 5.74) is 1.68. The van der Waals surface area contributed by atoms with E-state index in [9.17, 15) is 4.79 Å². The van der Waals surface area contributed by atoms with Gasteiger partial charge in [-0.2, -0.15) is 0 Å². The first-order valence-corrected chi connectivity index (χ1v) is 7.32. The molecule has 0 radical (unpaired) electrons. The van der Waals surface area contributed by atoms with Gasteiger partial charge in [0.05, 0.1) is 5.41 Å². The molecule has 1 aliphatic heterocycles. The second-order valence-electron chi connectivity index (χ2n) is 5.67. The van der Waals surface area contributed by atoms with Crippen LogP contribution < -0.4 is 0 Å². The summed E-state index contributed by atoms with van der Waals surface area (Å²) in [6.45, 7) is 0. The number of ketones is 1. The summed E-state index contributed by atoms with van der Waals surface area (Å²) >= 11 is 0. The highest BCUT2D eigenvalue weighted by atomic mass is 16.8. The number of hydrogen-bond donors (Lipinski definition) is 0. The Bertz CT molecular complexity index is 696. The molecule has 3 nitrogen and oxygen atoms in total. The van der Waals surface area contributed by atoms with Gasteiger partial charge in [0.2, 0.25) is 5.78 Å². The average molecular weight is 292 g/mol. The zero-order chi connectivity index (χ0) is 15.2. The summed E-state index contributed by atoms with van der Waals surface area (Å²) in [6, 6.07) is 20.2. The third kappa shape index (κ3) is 1.61. The van der Waals surface area contributed by atoms with Crippen LogP contribution >= 0.6 is 0 Å². The van der Waals surface area contributed by atoms with Gasteiger partial charge >= 0.3 is 0 Å². The van der Waals surface area contributed by atoms with Crippen molar-refractivity contribution in [2.45, 2.75) is 17.3 Å². The van der Waals surface area contributed by atoms with Gasteiger partial charge in [-0.3, -0.25) is 4.79 Å². The normalized spacial score (nSPS) is 28.2. The predicted octanol–water partition coefficient (Wildman–Crippen LogP) is 2.85. The van der Waals surface area contributed by atoms with Crippen molar-refractivity contribution < 1.29 is 14.3 Å². The van der Waals surface area contributed by atoms with E-state index in [0.29, 0.717) is 0 Å². The van der Waals surface area contributed by atoms with Gasteiger partial charge < -0.3 is 9.47 Å². The second-order valence-corrected chi connectivity index (χ2v) is 5.67. The van der Waals surface area contributed by atoms with Gasteiger partial charge in [-0.1, -0.05) is 66.7 Å². The number of ether oxygens (including phenoxy) is 2. The quantitative estimate of drug-likeness (QED) is 0.817. The van der Waals surface area contributed by atoms with Crippen LogP contribution in [-0.4, -0.2) is 24.8 Å². The summed E-state index contributed by atoms with van der Waals surface area (Å²) in [5, 5.41) is 0. The fraction of sp³-hybridized carbons (Fsp3) is 0.211. The lowest BCUT2D eigenvalue weighted by molar-refractivity contribution is -0.135. The Kier molecular flexibility index (Phi) is 2.83. The molecule has 0 bridgehead atoms. The number of carbonyl (C=O) groups excluding carboxylic acids is 1. The molecule has 2 atom stereocenters. The number of rotatable bonds is 3. The van der Waals surface area contributed by atoms with Crippen molar-refractivity contribution in [3.8, 4) is 0 Å². The molecule has 3 heteroatoms. The first-order valence-electron chi connectivity index (χ1n) is 7.32.